The van der Waals surface area contributed by atoms with E-state index in [1.54, 1.807) is 0 Å². The highest BCUT2D eigenvalue weighted by Gasteiger charge is 2.33. The molecule has 2 aliphatic rings. The number of nitrogens with one attached hydrogen (secondary N) is 1. The number of aliphatic hydroxyl groups excluding tert-OH is 1. The summed E-state index contributed by atoms with van der Waals surface area (Å²) in [6.45, 7) is 9.39. The van der Waals surface area contributed by atoms with Crippen LogP contribution in [-0.2, 0) is 4.74 Å². The Labute approximate surface area is 140 Å². The summed E-state index contributed by atoms with van der Waals surface area (Å²) in [4.78, 5) is 14.0. The smallest absolute Gasteiger partial charge is 0.410 e. The molecule has 1 saturated carbocycles. The van der Waals surface area contributed by atoms with Crippen molar-refractivity contribution in [3.05, 3.63) is 0 Å². The van der Waals surface area contributed by atoms with Crippen LogP contribution in [0, 0.1) is 11.3 Å². The molecule has 2 rings (SSSR count). The maximum absolute atomic E-state index is 12.2. The topological polar surface area (TPSA) is 61.8 Å². The van der Waals surface area contributed by atoms with Crippen molar-refractivity contribution in [3.8, 4) is 0 Å². The summed E-state index contributed by atoms with van der Waals surface area (Å²) in [6, 6.07) is 0. The number of likely N-dealkylation sites (tertiary alicyclic amines) is 1. The van der Waals surface area contributed by atoms with Gasteiger partial charge in [0.1, 0.15) is 5.60 Å². The van der Waals surface area contributed by atoms with Gasteiger partial charge in [0.2, 0.25) is 0 Å². The monoisotopic (exact) mass is 326 g/mol. The molecule has 1 aliphatic heterocycles. The summed E-state index contributed by atoms with van der Waals surface area (Å²) in [5.74, 6) is 0.480. The number of hydrogen-bond acceptors (Lipinski definition) is 4. The van der Waals surface area contributed by atoms with Crippen LogP contribution < -0.4 is 5.32 Å². The average molecular weight is 326 g/mol. The van der Waals surface area contributed by atoms with Gasteiger partial charge in [-0.3, -0.25) is 0 Å². The van der Waals surface area contributed by atoms with E-state index in [2.05, 4.69) is 5.32 Å². The van der Waals surface area contributed by atoms with Gasteiger partial charge in [-0.1, -0.05) is 12.8 Å². The van der Waals surface area contributed by atoms with Gasteiger partial charge in [0.25, 0.3) is 0 Å². The number of carbonyl (C=O) groups is 1. The van der Waals surface area contributed by atoms with Crippen molar-refractivity contribution in [2.24, 2.45) is 11.3 Å². The first kappa shape index (κ1) is 18.5. The number of piperidine rings is 1. The van der Waals surface area contributed by atoms with Crippen LogP contribution in [0.15, 0.2) is 0 Å². The van der Waals surface area contributed by atoms with E-state index in [0.29, 0.717) is 5.92 Å². The highest BCUT2D eigenvalue weighted by molar-refractivity contribution is 5.68. The molecule has 1 aliphatic carbocycles. The van der Waals surface area contributed by atoms with Gasteiger partial charge < -0.3 is 20.1 Å². The zero-order chi connectivity index (χ0) is 16.9. The number of carbonyl (C=O) groups excluding carboxylic acids is 1. The third kappa shape index (κ3) is 5.64. The lowest BCUT2D eigenvalue weighted by Gasteiger charge is -2.35. The van der Waals surface area contributed by atoms with Crippen LogP contribution in [0.5, 0.6) is 0 Å². The van der Waals surface area contributed by atoms with Crippen molar-refractivity contribution in [1.29, 1.82) is 0 Å². The zero-order valence-corrected chi connectivity index (χ0v) is 15.1. The molecular formula is C18H34N2O3. The Hall–Kier alpha value is -0.810. The van der Waals surface area contributed by atoms with Crippen LogP contribution in [0.3, 0.4) is 0 Å². The van der Waals surface area contributed by atoms with Crippen LogP contribution in [0.4, 0.5) is 4.79 Å². The normalized spacial score (nSPS) is 24.7. The number of ether oxygens (including phenoxy) is 1. The fourth-order valence-corrected chi connectivity index (χ4v) is 3.78. The lowest BCUT2D eigenvalue weighted by Crippen LogP contribution is -2.46. The first-order chi connectivity index (χ1) is 10.8. The van der Waals surface area contributed by atoms with Crippen LogP contribution in [0.25, 0.3) is 0 Å². The molecule has 1 amide bonds. The third-order valence-corrected chi connectivity index (χ3v) is 5.10. The summed E-state index contributed by atoms with van der Waals surface area (Å²) in [5, 5.41) is 13.2. The van der Waals surface area contributed by atoms with Gasteiger partial charge in [-0.05, 0) is 58.9 Å². The van der Waals surface area contributed by atoms with Crippen molar-refractivity contribution in [1.82, 2.24) is 10.2 Å². The fraction of sp³-hybridized carbons (Fsp3) is 0.944. The summed E-state index contributed by atoms with van der Waals surface area (Å²) >= 11 is 0. The van der Waals surface area contributed by atoms with Crippen LogP contribution in [0.2, 0.25) is 0 Å². The Balaban J connectivity index is 1.74. The molecule has 134 valence electrons. The van der Waals surface area contributed by atoms with E-state index in [9.17, 15) is 9.90 Å². The quantitative estimate of drug-likeness (QED) is 0.815. The van der Waals surface area contributed by atoms with Crippen LogP contribution in [-0.4, -0.2) is 54.5 Å². The van der Waals surface area contributed by atoms with Gasteiger partial charge in [0, 0.05) is 31.7 Å². The van der Waals surface area contributed by atoms with E-state index in [1.807, 2.05) is 25.7 Å². The molecule has 2 fully saturated rings. The Morgan fingerprint density at radius 3 is 2.61 bits per heavy atom. The van der Waals surface area contributed by atoms with Crippen LogP contribution >= 0.6 is 0 Å². The van der Waals surface area contributed by atoms with Gasteiger partial charge >= 0.3 is 6.09 Å². The molecule has 1 saturated heterocycles. The second-order valence-electron chi connectivity index (χ2n) is 8.43. The molecule has 0 spiro atoms. The Morgan fingerprint density at radius 2 is 2.00 bits per heavy atom. The van der Waals surface area contributed by atoms with E-state index in [4.69, 9.17) is 4.74 Å². The van der Waals surface area contributed by atoms with Crippen molar-refractivity contribution in [2.45, 2.75) is 64.9 Å². The third-order valence-electron chi connectivity index (χ3n) is 5.10. The highest BCUT2D eigenvalue weighted by atomic mass is 16.6. The molecule has 1 heterocycles. The summed E-state index contributed by atoms with van der Waals surface area (Å²) in [7, 11) is 0. The van der Waals surface area contributed by atoms with E-state index >= 15 is 0 Å². The predicted molar refractivity (Wildman–Crippen MR) is 91.4 cm³/mol. The maximum atomic E-state index is 12.2. The molecule has 5 heteroatoms. The van der Waals surface area contributed by atoms with Crippen molar-refractivity contribution in [3.63, 3.8) is 0 Å². The van der Waals surface area contributed by atoms with Gasteiger partial charge in [-0.2, -0.15) is 0 Å². The Bertz CT molecular complexity index is 386. The molecule has 23 heavy (non-hydrogen) atoms. The molecule has 0 aromatic heterocycles. The Kier molecular flexibility index (Phi) is 6.32. The molecule has 0 aromatic carbocycles. The van der Waals surface area contributed by atoms with Crippen molar-refractivity contribution in [2.75, 3.05) is 32.8 Å². The van der Waals surface area contributed by atoms with Gasteiger partial charge in [0.05, 0.1) is 0 Å². The molecule has 5 nitrogen and oxygen atoms in total. The molecule has 1 atom stereocenters. The van der Waals surface area contributed by atoms with E-state index < -0.39 is 5.60 Å². The zero-order valence-electron chi connectivity index (χ0n) is 15.1. The standard InChI is InChI=1S/C18H34N2O3/c1-17(2,3)23-16(22)20-10-6-7-15(12-20)11-19-13-18(14-21)8-4-5-9-18/h15,19,21H,4-14H2,1-3H3. The maximum Gasteiger partial charge on any atom is 0.410 e. The lowest BCUT2D eigenvalue weighted by molar-refractivity contribution is 0.0164. The number of nitrogens with zero attached hydrogens (tertiary/aromatic N) is 1. The number of amides is 1. The minimum absolute atomic E-state index is 0.0967. The summed E-state index contributed by atoms with van der Waals surface area (Å²) in [5.41, 5.74) is -0.336. The number of hydrogen-bond donors (Lipinski definition) is 2. The summed E-state index contributed by atoms with van der Waals surface area (Å²) in [6.07, 6.45) is 6.73. The molecular weight excluding hydrogens is 292 g/mol. The van der Waals surface area contributed by atoms with Crippen molar-refractivity contribution >= 4 is 6.09 Å². The second kappa shape index (κ2) is 7.84. The van der Waals surface area contributed by atoms with E-state index in [-0.39, 0.29) is 18.1 Å². The van der Waals surface area contributed by atoms with Crippen LogP contribution in [0.1, 0.15) is 59.3 Å². The number of aliphatic hydroxyl groups is 1. The lowest BCUT2D eigenvalue weighted by atomic mass is 9.87. The molecule has 0 radical (unpaired) electrons. The average Bonchev–Trinajstić information content (AvgIpc) is 2.95. The van der Waals surface area contributed by atoms with Crippen molar-refractivity contribution < 1.29 is 14.6 Å². The first-order valence-corrected chi connectivity index (χ1v) is 9.13. The number of rotatable bonds is 5. The van der Waals surface area contributed by atoms with Gasteiger partial charge in [-0.25, -0.2) is 4.79 Å². The van der Waals surface area contributed by atoms with E-state index in [0.717, 1.165) is 51.9 Å². The predicted octanol–water partition coefficient (Wildman–Crippen LogP) is 2.78. The van der Waals surface area contributed by atoms with Gasteiger partial charge in [0.15, 0.2) is 0 Å². The minimum Gasteiger partial charge on any atom is -0.444 e. The second-order valence-corrected chi connectivity index (χ2v) is 8.43. The SMILES string of the molecule is CC(C)(C)OC(=O)N1CCCC(CNCC2(CO)CCCC2)C1. The van der Waals surface area contributed by atoms with Gasteiger partial charge in [-0.15, -0.1) is 0 Å². The molecule has 1 unspecified atom stereocenters. The minimum atomic E-state index is -0.432. The summed E-state index contributed by atoms with van der Waals surface area (Å²) < 4.78 is 5.48. The fourth-order valence-electron chi connectivity index (χ4n) is 3.78. The Morgan fingerprint density at radius 1 is 1.30 bits per heavy atom. The molecule has 2 N–H and O–H groups in total. The van der Waals surface area contributed by atoms with E-state index in [1.165, 1.54) is 12.8 Å². The molecule has 0 bridgehead atoms. The first-order valence-electron chi connectivity index (χ1n) is 9.13. The highest BCUT2D eigenvalue weighted by Crippen LogP contribution is 2.36. The largest absolute Gasteiger partial charge is 0.444 e. The molecule has 0 aromatic rings.